The molecule has 328 valence electrons. The Morgan fingerprint density at radius 2 is 1.05 bits per heavy atom. The lowest BCUT2D eigenvalue weighted by Gasteiger charge is -2.21. The highest BCUT2D eigenvalue weighted by Crippen LogP contribution is 2.17. The highest BCUT2D eigenvalue weighted by Gasteiger charge is 2.15. The molecule has 0 aromatic rings. The summed E-state index contributed by atoms with van der Waals surface area (Å²) in [6.07, 6.45) is 29.9. The number of ether oxygens (including phenoxy) is 4. The third-order valence-electron chi connectivity index (χ3n) is 10.2. The van der Waals surface area contributed by atoms with E-state index in [1.54, 1.807) is 0 Å². The maximum absolute atomic E-state index is 12.6. The predicted octanol–water partition coefficient (Wildman–Crippen LogP) is 12.1. The Balaban J connectivity index is 4.22. The average molecular weight is 792 g/mol. The van der Waals surface area contributed by atoms with Crippen molar-refractivity contribution in [2.24, 2.45) is 11.8 Å². The minimum Gasteiger partial charge on any atom is -0.466 e. The van der Waals surface area contributed by atoms with Crippen molar-refractivity contribution in [3.05, 3.63) is 35.5 Å². The molecule has 8 nitrogen and oxygen atoms in total. The average Bonchev–Trinajstić information content (AvgIpc) is 3.15. The normalized spacial score (nSPS) is 13.2. The number of rotatable bonds is 40. The van der Waals surface area contributed by atoms with Crippen molar-refractivity contribution in [3.63, 3.8) is 0 Å². The van der Waals surface area contributed by atoms with Gasteiger partial charge in [-0.2, -0.15) is 0 Å². The molecular weight excluding hydrogens is 703 g/mol. The summed E-state index contributed by atoms with van der Waals surface area (Å²) >= 11 is 0. The molecule has 1 N–H and O–H groups in total. The van der Waals surface area contributed by atoms with Gasteiger partial charge in [0.25, 0.3) is 0 Å². The molecule has 0 fully saturated rings. The summed E-state index contributed by atoms with van der Waals surface area (Å²) < 4.78 is 23.3. The first kappa shape index (κ1) is 54.0. The zero-order valence-electron chi connectivity index (χ0n) is 37.6. The summed E-state index contributed by atoms with van der Waals surface area (Å²) in [6, 6.07) is 0. The number of carbonyl (C=O) groups is 2. The van der Waals surface area contributed by atoms with Gasteiger partial charge in [0.2, 0.25) is 0 Å². The molecular formula is C48H89NO7. The van der Waals surface area contributed by atoms with Crippen molar-refractivity contribution >= 4 is 11.9 Å². The zero-order chi connectivity index (χ0) is 41.5. The van der Waals surface area contributed by atoms with E-state index in [9.17, 15) is 14.7 Å². The van der Waals surface area contributed by atoms with Crippen LogP contribution in [0.3, 0.4) is 0 Å². The quantitative estimate of drug-likeness (QED) is 0.0284. The van der Waals surface area contributed by atoms with E-state index in [2.05, 4.69) is 77.7 Å². The Morgan fingerprint density at radius 3 is 1.59 bits per heavy atom. The van der Waals surface area contributed by atoms with Crippen molar-refractivity contribution in [3.8, 4) is 0 Å². The smallest absolute Gasteiger partial charge is 0.305 e. The molecule has 0 aliphatic heterocycles. The number of carbonyl (C=O) groups excluding carboxylic acids is 2. The number of esters is 2. The van der Waals surface area contributed by atoms with Crippen LogP contribution in [0, 0.1) is 11.8 Å². The van der Waals surface area contributed by atoms with E-state index in [-0.39, 0.29) is 24.8 Å². The Labute approximate surface area is 345 Å². The van der Waals surface area contributed by atoms with Crippen molar-refractivity contribution in [1.82, 2.24) is 4.90 Å². The lowest BCUT2D eigenvalue weighted by Crippen LogP contribution is -2.29. The molecule has 2 unspecified atom stereocenters. The monoisotopic (exact) mass is 792 g/mol. The standard InChI is InChI=1S/C48H89NO7/c1-8-9-10-11-16-21-38-53-46(51)29-18-13-12-14-19-34-49(36-37-50)35-20-15-17-22-39-54-47(52)30-31-48(55-40-32-44(6)27-23-25-42(2)3)56-41-33-45(7)28-24-26-43(4)5/h9-10,25-26,44-45,48,50H,8,11-24,27-41H2,1-7H3/b10-9-. The summed E-state index contributed by atoms with van der Waals surface area (Å²) in [5.41, 5.74) is 2.73. The number of hydrogen-bond donors (Lipinski definition) is 1. The van der Waals surface area contributed by atoms with E-state index in [1.165, 1.54) is 11.1 Å². The van der Waals surface area contributed by atoms with Gasteiger partial charge in [-0.15, -0.1) is 0 Å². The van der Waals surface area contributed by atoms with Crippen LogP contribution in [0.15, 0.2) is 35.5 Å². The molecule has 0 aromatic heterocycles. The molecule has 0 aliphatic rings. The summed E-state index contributed by atoms with van der Waals surface area (Å²) in [4.78, 5) is 26.9. The van der Waals surface area contributed by atoms with Gasteiger partial charge in [0.1, 0.15) is 0 Å². The number of nitrogens with zero attached hydrogens (tertiary/aromatic N) is 1. The maximum atomic E-state index is 12.6. The lowest BCUT2D eigenvalue weighted by molar-refractivity contribution is -0.161. The summed E-state index contributed by atoms with van der Waals surface area (Å²) in [5.74, 6) is 0.911. The zero-order valence-corrected chi connectivity index (χ0v) is 37.6. The minimum atomic E-state index is -0.381. The number of allylic oxidation sites excluding steroid dienone is 6. The fourth-order valence-electron chi connectivity index (χ4n) is 6.42. The van der Waals surface area contributed by atoms with Gasteiger partial charge in [-0.25, -0.2) is 0 Å². The van der Waals surface area contributed by atoms with Crippen LogP contribution in [0.4, 0.5) is 0 Å². The first-order valence-electron chi connectivity index (χ1n) is 22.9. The second kappa shape index (κ2) is 39.8. The molecule has 0 rings (SSSR count). The topological polar surface area (TPSA) is 94.5 Å². The van der Waals surface area contributed by atoms with E-state index in [0.29, 0.717) is 64.1 Å². The van der Waals surface area contributed by atoms with Crippen LogP contribution in [0.2, 0.25) is 0 Å². The summed E-state index contributed by atoms with van der Waals surface area (Å²) in [7, 11) is 0. The van der Waals surface area contributed by atoms with Gasteiger partial charge in [0.05, 0.1) is 26.2 Å². The van der Waals surface area contributed by atoms with Crippen molar-refractivity contribution in [2.75, 3.05) is 52.7 Å². The fraction of sp³-hybridized carbons (Fsp3) is 0.833. The lowest BCUT2D eigenvalue weighted by atomic mass is 10.0. The molecule has 56 heavy (non-hydrogen) atoms. The Hall–Kier alpha value is -2.00. The fourth-order valence-corrected chi connectivity index (χ4v) is 6.42. The van der Waals surface area contributed by atoms with Crippen molar-refractivity contribution in [2.45, 2.75) is 196 Å². The molecule has 0 saturated heterocycles. The molecule has 0 aromatic carbocycles. The van der Waals surface area contributed by atoms with Crippen molar-refractivity contribution < 1.29 is 33.6 Å². The van der Waals surface area contributed by atoms with Gasteiger partial charge in [0, 0.05) is 32.6 Å². The molecule has 2 atom stereocenters. The number of aliphatic hydroxyl groups is 1. The van der Waals surface area contributed by atoms with Crippen LogP contribution in [-0.4, -0.2) is 80.9 Å². The van der Waals surface area contributed by atoms with Crippen LogP contribution < -0.4 is 0 Å². The Morgan fingerprint density at radius 1 is 0.554 bits per heavy atom. The van der Waals surface area contributed by atoms with Crippen LogP contribution >= 0.6 is 0 Å². The minimum absolute atomic E-state index is 0.0647. The van der Waals surface area contributed by atoms with Crippen molar-refractivity contribution in [1.29, 1.82) is 0 Å². The highest BCUT2D eigenvalue weighted by molar-refractivity contribution is 5.69. The van der Waals surface area contributed by atoms with E-state index in [4.69, 9.17) is 18.9 Å². The number of unbranched alkanes of at least 4 members (excludes halogenated alkanes) is 9. The maximum Gasteiger partial charge on any atom is 0.305 e. The molecule has 0 heterocycles. The van der Waals surface area contributed by atoms with Crippen LogP contribution in [0.1, 0.15) is 190 Å². The predicted molar refractivity (Wildman–Crippen MR) is 235 cm³/mol. The number of aliphatic hydroxyl groups excluding tert-OH is 1. The summed E-state index contributed by atoms with van der Waals surface area (Å²) in [6.45, 7) is 20.4. The summed E-state index contributed by atoms with van der Waals surface area (Å²) in [5, 5.41) is 9.55. The third-order valence-corrected chi connectivity index (χ3v) is 10.2. The Kier molecular flexibility index (Phi) is 38.4. The number of hydrogen-bond acceptors (Lipinski definition) is 8. The van der Waals surface area contributed by atoms with E-state index in [0.717, 1.165) is 135 Å². The van der Waals surface area contributed by atoms with Gasteiger partial charge in [-0.3, -0.25) is 9.59 Å². The first-order chi connectivity index (χ1) is 27.1. The second-order valence-corrected chi connectivity index (χ2v) is 16.5. The van der Waals surface area contributed by atoms with Gasteiger partial charge >= 0.3 is 11.9 Å². The van der Waals surface area contributed by atoms with Crippen LogP contribution in [-0.2, 0) is 28.5 Å². The third kappa shape index (κ3) is 38.9. The molecule has 0 spiro atoms. The van der Waals surface area contributed by atoms with E-state index >= 15 is 0 Å². The van der Waals surface area contributed by atoms with Gasteiger partial charge in [-0.1, -0.05) is 88.3 Å². The molecule has 8 heteroatoms. The molecule has 0 amide bonds. The molecule has 0 aliphatic carbocycles. The van der Waals surface area contributed by atoms with Gasteiger partial charge in [-0.05, 0) is 143 Å². The second-order valence-electron chi connectivity index (χ2n) is 16.5. The largest absolute Gasteiger partial charge is 0.466 e. The molecule has 0 radical (unpaired) electrons. The van der Waals surface area contributed by atoms with Crippen LogP contribution in [0.25, 0.3) is 0 Å². The van der Waals surface area contributed by atoms with Gasteiger partial charge in [0.15, 0.2) is 6.29 Å². The SMILES string of the molecule is CC/C=C\CCCCOC(=O)CCCCCCCN(CCO)CCCCCCOC(=O)CCC(OCCC(C)CCC=C(C)C)OCCC(C)CCC=C(C)C. The van der Waals surface area contributed by atoms with E-state index < -0.39 is 0 Å². The van der Waals surface area contributed by atoms with E-state index in [1.807, 2.05) is 0 Å². The Bertz CT molecular complexity index is 967. The highest BCUT2D eigenvalue weighted by atomic mass is 16.7. The molecule has 0 bridgehead atoms. The van der Waals surface area contributed by atoms with Crippen LogP contribution in [0.5, 0.6) is 0 Å². The first-order valence-corrected chi connectivity index (χ1v) is 22.9. The van der Waals surface area contributed by atoms with Gasteiger partial charge < -0.3 is 29.0 Å². The molecule has 0 saturated carbocycles.